The van der Waals surface area contributed by atoms with Gasteiger partial charge in [0.15, 0.2) is 0 Å². The van der Waals surface area contributed by atoms with Gasteiger partial charge in [-0.25, -0.2) is 0 Å². The molecule has 0 atom stereocenters. The van der Waals surface area contributed by atoms with Crippen molar-refractivity contribution < 1.29 is 34.8 Å². The van der Waals surface area contributed by atoms with Crippen LogP contribution in [0.3, 0.4) is 0 Å². The predicted molar refractivity (Wildman–Crippen MR) is 48.8 cm³/mol. The van der Waals surface area contributed by atoms with E-state index in [1.807, 2.05) is 0 Å². The summed E-state index contributed by atoms with van der Waals surface area (Å²) < 4.78 is 95.7. The molecule has 0 aromatic carbocycles. The van der Waals surface area contributed by atoms with Gasteiger partial charge in [-0.3, -0.25) is 0 Å². The quantitative estimate of drug-likeness (QED) is 0.736. The molecule has 0 saturated carbocycles. The topological polar surface area (TPSA) is 40.6 Å². The van der Waals surface area contributed by atoms with Crippen molar-refractivity contribution in [1.82, 2.24) is 8.61 Å². The summed E-state index contributed by atoms with van der Waals surface area (Å²) in [5.41, 5.74) is 0. The fourth-order valence-electron chi connectivity index (χ4n) is 1.30. The minimum atomic E-state index is -5.02. The second kappa shape index (κ2) is 4.85. The van der Waals surface area contributed by atoms with Crippen LogP contribution < -0.4 is 0 Å². The highest BCUT2D eigenvalue weighted by Gasteiger charge is 2.45. The van der Waals surface area contributed by atoms with Gasteiger partial charge in [0.05, 0.1) is 0 Å². The first-order valence-corrected chi connectivity index (χ1v) is 6.20. The fraction of sp³-hybridized carbons (Fsp3) is 1.00. The maximum absolute atomic E-state index is 12.1. The van der Waals surface area contributed by atoms with Crippen LogP contribution in [0.1, 0.15) is 6.42 Å². The van der Waals surface area contributed by atoms with Gasteiger partial charge < -0.3 is 0 Å². The van der Waals surface area contributed by atoms with E-state index in [0.29, 0.717) is 10.7 Å². The van der Waals surface area contributed by atoms with E-state index in [1.54, 1.807) is 0 Å². The Bertz CT molecular complexity index is 370. The second-order valence-electron chi connectivity index (χ2n) is 3.76. The number of halogens is 6. The Labute approximate surface area is 99.3 Å². The molecule has 0 aromatic rings. The van der Waals surface area contributed by atoms with E-state index < -0.39 is 40.0 Å². The lowest BCUT2D eigenvalue weighted by molar-refractivity contribution is -0.166. The lowest BCUT2D eigenvalue weighted by atomic mass is 10.3. The molecule has 1 rings (SSSR count). The van der Waals surface area contributed by atoms with E-state index in [9.17, 15) is 34.8 Å². The average molecular weight is 300 g/mol. The van der Waals surface area contributed by atoms with Gasteiger partial charge in [-0.2, -0.15) is 43.4 Å². The summed E-state index contributed by atoms with van der Waals surface area (Å²) >= 11 is 0. The molecule has 0 aliphatic carbocycles. The van der Waals surface area contributed by atoms with Crippen LogP contribution in [0.25, 0.3) is 0 Å². The maximum atomic E-state index is 12.1. The number of alkyl halides is 6. The first-order chi connectivity index (χ1) is 7.92. The van der Waals surface area contributed by atoms with Crippen molar-refractivity contribution in [3.05, 3.63) is 0 Å². The van der Waals surface area contributed by atoms with Crippen LogP contribution in [0, 0.1) is 0 Å². The Hall–Kier alpha value is -0.550. The molecule has 1 aliphatic rings. The molecule has 0 N–H and O–H groups in total. The third-order valence-electron chi connectivity index (χ3n) is 2.18. The highest BCUT2D eigenvalue weighted by Crippen LogP contribution is 2.26. The Morgan fingerprint density at radius 1 is 0.944 bits per heavy atom. The molecule has 11 heteroatoms. The van der Waals surface area contributed by atoms with Gasteiger partial charge in [0, 0.05) is 13.1 Å². The summed E-state index contributed by atoms with van der Waals surface area (Å²) in [7, 11) is -4.70. The molecule has 0 spiro atoms. The second-order valence-corrected chi connectivity index (χ2v) is 5.69. The molecular weight excluding hydrogens is 290 g/mol. The summed E-state index contributed by atoms with van der Waals surface area (Å²) in [6, 6.07) is 0. The molecule has 1 aliphatic heterocycles. The number of hydrogen-bond acceptors (Lipinski definition) is 2. The molecule has 1 fully saturated rings. The standard InChI is InChI=1S/C7H10F6N2O2S/c8-6(9,10)4-15(5-7(11,12)13)18(16,17)14-2-1-3-14/h1-5H2. The van der Waals surface area contributed by atoms with Gasteiger partial charge in [0.1, 0.15) is 13.1 Å². The lowest BCUT2D eigenvalue weighted by Crippen LogP contribution is -2.54. The van der Waals surface area contributed by atoms with Gasteiger partial charge in [-0.15, -0.1) is 0 Å². The Morgan fingerprint density at radius 3 is 1.56 bits per heavy atom. The molecule has 18 heavy (non-hydrogen) atoms. The smallest absolute Gasteiger partial charge is 0.195 e. The largest absolute Gasteiger partial charge is 0.402 e. The number of hydrogen-bond donors (Lipinski definition) is 0. The van der Waals surface area contributed by atoms with Crippen LogP contribution in [0.15, 0.2) is 0 Å². The summed E-state index contributed by atoms with van der Waals surface area (Å²) in [4.78, 5) is 0. The highest BCUT2D eigenvalue weighted by atomic mass is 32.2. The normalized spacial score (nSPS) is 19.1. The summed E-state index contributed by atoms with van der Waals surface area (Å²) in [6.45, 7) is -4.42. The molecule has 0 unspecified atom stereocenters. The lowest BCUT2D eigenvalue weighted by Gasteiger charge is -2.35. The van der Waals surface area contributed by atoms with Gasteiger partial charge in [-0.1, -0.05) is 0 Å². The molecule has 4 nitrogen and oxygen atoms in total. The van der Waals surface area contributed by atoms with Gasteiger partial charge >= 0.3 is 12.4 Å². The Morgan fingerprint density at radius 2 is 1.33 bits per heavy atom. The van der Waals surface area contributed by atoms with Crippen molar-refractivity contribution in [2.24, 2.45) is 0 Å². The highest BCUT2D eigenvalue weighted by molar-refractivity contribution is 7.86. The van der Waals surface area contributed by atoms with E-state index in [0.717, 1.165) is 0 Å². The Balaban J connectivity index is 2.89. The molecule has 1 heterocycles. The summed E-state index contributed by atoms with van der Waals surface area (Å²) in [5, 5.41) is 0. The first-order valence-electron chi connectivity index (χ1n) is 4.80. The molecule has 108 valence electrons. The van der Waals surface area contributed by atoms with E-state index >= 15 is 0 Å². The minimum absolute atomic E-state index is 0.0610. The van der Waals surface area contributed by atoms with Crippen molar-refractivity contribution in [3.63, 3.8) is 0 Å². The van der Waals surface area contributed by atoms with Crippen LogP contribution in [0.4, 0.5) is 26.3 Å². The number of nitrogens with zero attached hydrogens (tertiary/aromatic N) is 2. The molecule has 0 bridgehead atoms. The van der Waals surface area contributed by atoms with Crippen LogP contribution in [0.2, 0.25) is 0 Å². The minimum Gasteiger partial charge on any atom is -0.195 e. The zero-order valence-corrected chi connectivity index (χ0v) is 9.74. The summed E-state index contributed by atoms with van der Waals surface area (Å²) in [5.74, 6) is 0. The van der Waals surface area contributed by atoms with E-state index in [2.05, 4.69) is 0 Å². The van der Waals surface area contributed by atoms with Crippen LogP contribution in [0.5, 0.6) is 0 Å². The number of rotatable bonds is 4. The van der Waals surface area contributed by atoms with Crippen molar-refractivity contribution in [2.75, 3.05) is 26.2 Å². The van der Waals surface area contributed by atoms with Crippen molar-refractivity contribution in [1.29, 1.82) is 0 Å². The third-order valence-corrected chi connectivity index (χ3v) is 4.11. The van der Waals surface area contributed by atoms with E-state index in [4.69, 9.17) is 0 Å². The molecule has 0 aromatic heterocycles. The monoisotopic (exact) mass is 300 g/mol. The van der Waals surface area contributed by atoms with Crippen molar-refractivity contribution in [2.45, 2.75) is 18.8 Å². The van der Waals surface area contributed by atoms with Gasteiger partial charge in [0.25, 0.3) is 10.2 Å². The van der Waals surface area contributed by atoms with Gasteiger partial charge in [0.2, 0.25) is 0 Å². The SMILES string of the molecule is O=S(=O)(N1CCC1)N(CC(F)(F)F)CC(F)(F)F. The molecular formula is C7H10F6N2O2S. The van der Waals surface area contributed by atoms with Crippen LogP contribution >= 0.6 is 0 Å². The first kappa shape index (κ1) is 15.5. The average Bonchev–Trinajstić information content (AvgIpc) is 1.91. The molecule has 0 radical (unpaired) electrons. The molecule has 1 saturated heterocycles. The van der Waals surface area contributed by atoms with E-state index in [1.165, 1.54) is 0 Å². The zero-order chi connectivity index (χ0) is 14.2. The maximum Gasteiger partial charge on any atom is 0.402 e. The fourth-order valence-corrected chi connectivity index (χ4v) is 2.97. The van der Waals surface area contributed by atoms with Crippen molar-refractivity contribution in [3.8, 4) is 0 Å². The van der Waals surface area contributed by atoms with Crippen molar-refractivity contribution >= 4 is 10.2 Å². The third kappa shape index (κ3) is 4.28. The summed E-state index contributed by atoms with van der Waals surface area (Å²) in [6.07, 6.45) is -9.63. The zero-order valence-electron chi connectivity index (χ0n) is 8.92. The Kier molecular flexibility index (Phi) is 4.18. The van der Waals surface area contributed by atoms with E-state index in [-0.39, 0.29) is 13.1 Å². The molecule has 0 amide bonds. The van der Waals surface area contributed by atoms with Gasteiger partial charge in [-0.05, 0) is 6.42 Å². The van der Waals surface area contributed by atoms with Crippen LogP contribution in [-0.4, -0.2) is 55.6 Å². The van der Waals surface area contributed by atoms with Crippen LogP contribution in [-0.2, 0) is 10.2 Å². The predicted octanol–water partition coefficient (Wildman–Crippen LogP) is 1.36.